The molecule has 1 aliphatic rings. The number of amides is 1. The monoisotopic (exact) mass is 239 g/mol. The Labute approximate surface area is 97.6 Å². The molecule has 92 valence electrons. The number of rotatable bonds is 1. The van der Waals surface area contributed by atoms with Gasteiger partial charge in [0.1, 0.15) is 5.69 Å². The average molecular weight is 239 g/mol. The molecule has 0 saturated carbocycles. The fourth-order valence-corrected chi connectivity index (χ4v) is 2.07. The molecule has 17 heavy (non-hydrogen) atoms. The van der Waals surface area contributed by atoms with E-state index in [0.29, 0.717) is 30.8 Å². The topological polar surface area (TPSA) is 84.7 Å². The Morgan fingerprint density at radius 2 is 2.18 bits per heavy atom. The number of nitrogens with zero attached hydrogens (tertiary/aromatic N) is 3. The lowest BCUT2D eigenvalue weighted by atomic mass is 10.0. The van der Waals surface area contributed by atoms with Crippen LogP contribution in [-0.2, 0) is 24.8 Å². The van der Waals surface area contributed by atoms with Crippen LogP contribution < -0.4 is 0 Å². The average Bonchev–Trinajstić information content (AvgIpc) is 2.62. The van der Waals surface area contributed by atoms with E-state index in [2.05, 4.69) is 9.84 Å². The van der Waals surface area contributed by atoms with Crippen molar-refractivity contribution in [1.82, 2.24) is 14.7 Å². The van der Waals surface area contributed by atoms with E-state index in [4.69, 9.17) is 5.11 Å². The third-order valence-corrected chi connectivity index (χ3v) is 2.84. The summed E-state index contributed by atoms with van der Waals surface area (Å²) in [6, 6.07) is 0. The van der Waals surface area contributed by atoms with E-state index in [1.165, 1.54) is 16.7 Å². The van der Waals surface area contributed by atoms with Crippen LogP contribution in [-0.4, -0.2) is 45.5 Å². The minimum Gasteiger partial charge on any atom is -0.477 e. The van der Waals surface area contributed by atoms with Crippen LogP contribution in [0.15, 0.2) is 0 Å². The molecule has 7 heteroatoms. The number of hydrogen-bond donors (Lipinski definition) is 1. The molecular weight excluding hydrogens is 226 g/mol. The van der Waals surface area contributed by atoms with Crippen LogP contribution in [0.25, 0.3) is 0 Å². The Kier molecular flexibility index (Phi) is 2.74. The number of hydrogen-bond acceptors (Lipinski definition) is 4. The maximum Gasteiger partial charge on any atom is 0.409 e. The lowest BCUT2D eigenvalue weighted by Crippen LogP contribution is -2.36. The van der Waals surface area contributed by atoms with Crippen LogP contribution in [0, 0.1) is 0 Å². The number of carbonyl (C=O) groups excluding carboxylic acids is 1. The first-order valence-electron chi connectivity index (χ1n) is 5.15. The second-order valence-corrected chi connectivity index (χ2v) is 3.84. The van der Waals surface area contributed by atoms with Crippen molar-refractivity contribution in [3.8, 4) is 0 Å². The zero-order valence-corrected chi connectivity index (χ0v) is 9.63. The molecule has 0 radical (unpaired) electrons. The molecule has 1 aromatic rings. The molecule has 2 rings (SSSR count). The number of fused-ring (bicyclic) bond motifs is 1. The van der Waals surface area contributed by atoms with Gasteiger partial charge in [0.05, 0.1) is 19.3 Å². The van der Waals surface area contributed by atoms with Crippen LogP contribution >= 0.6 is 0 Å². The van der Waals surface area contributed by atoms with Crippen molar-refractivity contribution in [2.24, 2.45) is 7.05 Å². The summed E-state index contributed by atoms with van der Waals surface area (Å²) < 4.78 is 5.97. The highest BCUT2D eigenvalue weighted by molar-refractivity contribution is 5.88. The summed E-state index contributed by atoms with van der Waals surface area (Å²) in [5.41, 5.74) is 1.53. The summed E-state index contributed by atoms with van der Waals surface area (Å²) in [4.78, 5) is 23.9. The molecule has 7 nitrogen and oxygen atoms in total. The minimum atomic E-state index is -0.993. The van der Waals surface area contributed by atoms with E-state index in [-0.39, 0.29) is 5.69 Å². The lowest BCUT2D eigenvalue weighted by Gasteiger charge is -2.24. The van der Waals surface area contributed by atoms with Gasteiger partial charge in [-0.05, 0) is 6.42 Å². The number of aryl methyl sites for hydroxylation is 1. The first-order valence-corrected chi connectivity index (χ1v) is 5.15. The van der Waals surface area contributed by atoms with E-state index in [1.807, 2.05) is 0 Å². The second kappa shape index (κ2) is 4.08. The normalized spacial score (nSPS) is 14.4. The first-order chi connectivity index (χ1) is 8.04. The number of carbonyl (C=O) groups is 2. The molecular formula is C10H13N3O4. The molecule has 1 N–H and O–H groups in total. The molecule has 0 fully saturated rings. The van der Waals surface area contributed by atoms with E-state index >= 15 is 0 Å². The quantitative estimate of drug-likeness (QED) is 0.759. The number of carboxylic acids is 1. The lowest BCUT2D eigenvalue weighted by molar-refractivity contribution is 0.0683. The smallest absolute Gasteiger partial charge is 0.409 e. The maximum absolute atomic E-state index is 11.4. The predicted molar refractivity (Wildman–Crippen MR) is 56.7 cm³/mol. The van der Waals surface area contributed by atoms with Crippen molar-refractivity contribution in [2.75, 3.05) is 13.7 Å². The van der Waals surface area contributed by atoms with E-state index < -0.39 is 12.1 Å². The number of ether oxygens (including phenoxy) is 1. The minimum absolute atomic E-state index is 0.199. The first kappa shape index (κ1) is 11.4. The van der Waals surface area contributed by atoms with Gasteiger partial charge in [0, 0.05) is 19.2 Å². The number of methoxy groups -OCH3 is 1. The van der Waals surface area contributed by atoms with Crippen LogP contribution in [0.2, 0.25) is 0 Å². The van der Waals surface area contributed by atoms with Gasteiger partial charge in [-0.1, -0.05) is 0 Å². The molecule has 1 amide bonds. The molecule has 2 heterocycles. The Hall–Kier alpha value is -2.05. The van der Waals surface area contributed by atoms with Crippen molar-refractivity contribution in [2.45, 2.75) is 13.0 Å². The van der Waals surface area contributed by atoms with Gasteiger partial charge in [0.15, 0.2) is 0 Å². The predicted octanol–water partition coefficient (Wildman–Crippen LogP) is 0.243. The van der Waals surface area contributed by atoms with E-state index in [0.717, 1.165) is 0 Å². The maximum atomic E-state index is 11.4. The number of aromatic nitrogens is 2. The molecule has 0 atom stereocenters. The van der Waals surface area contributed by atoms with Gasteiger partial charge >= 0.3 is 12.1 Å². The molecule has 0 saturated heterocycles. The Balaban J connectivity index is 2.32. The molecule has 0 unspecified atom stereocenters. The molecule has 1 aromatic heterocycles. The summed E-state index contributed by atoms with van der Waals surface area (Å²) in [6.07, 6.45) is 0.0677. The highest BCUT2D eigenvalue weighted by Gasteiger charge is 2.29. The SMILES string of the molecule is COC(=O)N1CCc2c(nn(C)c2C(=O)O)C1. The molecule has 1 aliphatic heterocycles. The molecule has 0 aromatic carbocycles. The zero-order valence-electron chi connectivity index (χ0n) is 9.63. The third-order valence-electron chi connectivity index (χ3n) is 2.84. The summed E-state index contributed by atoms with van der Waals surface area (Å²) in [7, 11) is 2.91. The summed E-state index contributed by atoms with van der Waals surface area (Å²) >= 11 is 0. The van der Waals surface area contributed by atoms with Gasteiger partial charge in [-0.2, -0.15) is 5.10 Å². The zero-order chi connectivity index (χ0) is 12.6. The Morgan fingerprint density at radius 3 is 2.76 bits per heavy atom. The highest BCUT2D eigenvalue weighted by Crippen LogP contribution is 2.22. The van der Waals surface area contributed by atoms with Crippen LogP contribution in [0.3, 0.4) is 0 Å². The fraction of sp³-hybridized carbons (Fsp3) is 0.500. The van der Waals surface area contributed by atoms with E-state index in [1.54, 1.807) is 7.05 Å². The fourth-order valence-electron chi connectivity index (χ4n) is 2.07. The highest BCUT2D eigenvalue weighted by atomic mass is 16.5. The Bertz CT molecular complexity index is 480. The van der Waals surface area contributed by atoms with E-state index in [9.17, 15) is 9.59 Å². The molecule has 0 bridgehead atoms. The van der Waals surface area contributed by atoms with Gasteiger partial charge in [-0.25, -0.2) is 9.59 Å². The van der Waals surface area contributed by atoms with Gasteiger partial charge in [-0.15, -0.1) is 0 Å². The van der Waals surface area contributed by atoms with Crippen molar-refractivity contribution >= 4 is 12.1 Å². The van der Waals surface area contributed by atoms with Gasteiger partial charge in [-0.3, -0.25) is 4.68 Å². The van der Waals surface area contributed by atoms with Crippen molar-refractivity contribution in [1.29, 1.82) is 0 Å². The molecule has 0 aliphatic carbocycles. The molecule has 0 spiro atoms. The van der Waals surface area contributed by atoms with Crippen LogP contribution in [0.1, 0.15) is 21.7 Å². The number of aromatic carboxylic acids is 1. The van der Waals surface area contributed by atoms with Crippen molar-refractivity contribution in [3.63, 3.8) is 0 Å². The van der Waals surface area contributed by atoms with Crippen molar-refractivity contribution < 1.29 is 19.4 Å². The summed E-state index contributed by atoms with van der Waals surface area (Å²) in [6.45, 7) is 0.745. The van der Waals surface area contributed by atoms with Gasteiger partial charge in [0.2, 0.25) is 0 Å². The third kappa shape index (κ3) is 1.83. The van der Waals surface area contributed by atoms with Gasteiger partial charge in [0.25, 0.3) is 0 Å². The van der Waals surface area contributed by atoms with Crippen LogP contribution in [0.4, 0.5) is 4.79 Å². The summed E-state index contributed by atoms with van der Waals surface area (Å²) in [5, 5.41) is 13.2. The Morgan fingerprint density at radius 1 is 1.47 bits per heavy atom. The second-order valence-electron chi connectivity index (χ2n) is 3.84. The number of carboxylic acid groups (broad SMARTS) is 1. The van der Waals surface area contributed by atoms with Crippen molar-refractivity contribution in [3.05, 3.63) is 17.0 Å². The largest absolute Gasteiger partial charge is 0.477 e. The summed E-state index contributed by atoms with van der Waals surface area (Å²) in [5.74, 6) is -0.993. The standard InChI is InChI=1S/C10H13N3O4/c1-12-8(9(14)15)6-3-4-13(10(16)17-2)5-7(6)11-12/h3-5H2,1-2H3,(H,14,15). The van der Waals surface area contributed by atoms with Gasteiger partial charge < -0.3 is 14.7 Å². The van der Waals surface area contributed by atoms with Crippen LogP contribution in [0.5, 0.6) is 0 Å².